The molecule has 1 N–H and O–H groups in total. The van der Waals surface area contributed by atoms with E-state index in [-0.39, 0.29) is 36.7 Å². The molecule has 0 radical (unpaired) electrons. The Morgan fingerprint density at radius 1 is 1.15 bits per heavy atom. The minimum Gasteiger partial charge on any atom is -0.406 e. The lowest BCUT2D eigenvalue weighted by Gasteiger charge is -2.43. The van der Waals surface area contributed by atoms with Crippen LogP contribution >= 0.6 is 0 Å². The molecule has 2 saturated heterocycles. The summed E-state index contributed by atoms with van der Waals surface area (Å²) in [7, 11) is 0. The molecule has 0 saturated carbocycles. The Morgan fingerprint density at radius 3 is 2.47 bits per heavy atom. The summed E-state index contributed by atoms with van der Waals surface area (Å²) in [6.45, 7) is 4.25. The molecule has 12 heteroatoms. The number of carbonyl (C=O) groups is 1. The van der Waals surface area contributed by atoms with Crippen molar-refractivity contribution in [2.45, 2.75) is 44.1 Å². The number of amides is 2. The average molecular weight is 484 g/mol. The SMILES string of the molecule is CCOCCc1noc(C2CC(c3ccc(OC(F)(F)F)cc3)CN(C(=O)N3CC(O)C3)C2)n1. The van der Waals surface area contributed by atoms with E-state index in [4.69, 9.17) is 9.26 Å². The second-order valence-electron chi connectivity index (χ2n) is 8.49. The van der Waals surface area contributed by atoms with Crippen molar-refractivity contribution in [1.82, 2.24) is 19.9 Å². The fourth-order valence-corrected chi connectivity index (χ4v) is 4.27. The number of benzene rings is 1. The minimum atomic E-state index is -4.76. The van der Waals surface area contributed by atoms with E-state index in [2.05, 4.69) is 14.9 Å². The number of hydrogen-bond donors (Lipinski definition) is 1. The molecule has 1 aromatic carbocycles. The topological polar surface area (TPSA) is 101 Å². The van der Waals surface area contributed by atoms with Gasteiger partial charge in [-0.15, -0.1) is 13.2 Å². The molecule has 2 fully saturated rings. The van der Waals surface area contributed by atoms with Crippen LogP contribution in [0.4, 0.5) is 18.0 Å². The zero-order chi connectivity index (χ0) is 24.3. The van der Waals surface area contributed by atoms with Gasteiger partial charge in [-0.05, 0) is 31.0 Å². The number of urea groups is 1. The van der Waals surface area contributed by atoms with Gasteiger partial charge in [0.05, 0.1) is 31.7 Å². The first-order valence-corrected chi connectivity index (χ1v) is 11.2. The molecule has 186 valence electrons. The molecule has 2 aliphatic rings. The number of nitrogens with zero attached hydrogens (tertiary/aromatic N) is 4. The van der Waals surface area contributed by atoms with E-state index in [1.54, 1.807) is 21.9 Å². The predicted octanol–water partition coefficient (Wildman–Crippen LogP) is 2.92. The lowest BCUT2D eigenvalue weighted by atomic mass is 9.84. The van der Waals surface area contributed by atoms with Crippen LogP contribution in [0.3, 0.4) is 0 Å². The van der Waals surface area contributed by atoms with E-state index >= 15 is 0 Å². The van der Waals surface area contributed by atoms with Crippen LogP contribution in [0.1, 0.15) is 42.5 Å². The number of halogens is 3. The predicted molar refractivity (Wildman–Crippen MR) is 112 cm³/mol. The number of aliphatic hydroxyl groups is 1. The highest BCUT2D eigenvalue weighted by atomic mass is 19.4. The third kappa shape index (κ3) is 5.98. The van der Waals surface area contributed by atoms with Crippen LogP contribution in [0.5, 0.6) is 5.75 Å². The van der Waals surface area contributed by atoms with Crippen LogP contribution in [0.15, 0.2) is 28.8 Å². The van der Waals surface area contributed by atoms with Gasteiger partial charge in [-0.25, -0.2) is 4.79 Å². The first kappa shape index (κ1) is 24.3. The van der Waals surface area contributed by atoms with E-state index in [0.29, 0.717) is 50.9 Å². The van der Waals surface area contributed by atoms with Crippen molar-refractivity contribution < 1.29 is 37.1 Å². The second-order valence-corrected chi connectivity index (χ2v) is 8.49. The Hall–Kier alpha value is -2.86. The molecular formula is C22H27F3N4O5. The fourth-order valence-electron chi connectivity index (χ4n) is 4.27. The number of β-amino-alcohol motifs (C(OH)–C–C–N with tert-alkyl or cyclic N) is 1. The summed E-state index contributed by atoms with van der Waals surface area (Å²) in [5, 5.41) is 13.6. The molecule has 1 aromatic heterocycles. The minimum absolute atomic E-state index is 0.160. The molecule has 2 aromatic rings. The third-order valence-electron chi connectivity index (χ3n) is 5.95. The number of rotatable bonds is 7. The zero-order valence-electron chi connectivity index (χ0n) is 18.7. The molecule has 3 heterocycles. The number of hydrogen-bond acceptors (Lipinski definition) is 7. The van der Waals surface area contributed by atoms with Crippen LogP contribution in [0.2, 0.25) is 0 Å². The van der Waals surface area contributed by atoms with Crippen molar-refractivity contribution in [3.8, 4) is 5.75 Å². The molecule has 34 heavy (non-hydrogen) atoms. The van der Waals surface area contributed by atoms with E-state index in [0.717, 1.165) is 5.56 Å². The van der Waals surface area contributed by atoms with Gasteiger partial charge in [-0.1, -0.05) is 17.3 Å². The Morgan fingerprint density at radius 2 is 1.82 bits per heavy atom. The normalized spacial score (nSPS) is 21.4. The van der Waals surface area contributed by atoms with Gasteiger partial charge in [0, 0.05) is 32.0 Å². The summed E-state index contributed by atoms with van der Waals surface area (Å²) < 4.78 is 52.3. The van der Waals surface area contributed by atoms with Crippen molar-refractivity contribution in [2.75, 3.05) is 39.4 Å². The number of carbonyl (C=O) groups excluding carboxylic acids is 1. The quantitative estimate of drug-likeness (QED) is 0.603. The van der Waals surface area contributed by atoms with Gasteiger partial charge in [-0.2, -0.15) is 4.98 Å². The van der Waals surface area contributed by atoms with Crippen LogP contribution < -0.4 is 4.74 Å². The standard InChI is InChI=1S/C22H27F3N4O5/c1-2-32-8-7-19-26-20(34-27-19)16-9-15(10-28(11-16)21(31)29-12-17(30)13-29)14-3-5-18(6-4-14)33-22(23,24)25/h3-6,15-17,30H,2,7-13H2,1H3. The first-order chi connectivity index (χ1) is 16.2. The van der Waals surface area contributed by atoms with Crippen molar-refractivity contribution in [2.24, 2.45) is 0 Å². The zero-order valence-corrected chi connectivity index (χ0v) is 18.7. The number of alkyl halides is 3. The molecule has 2 atom stereocenters. The highest BCUT2D eigenvalue weighted by Crippen LogP contribution is 2.37. The van der Waals surface area contributed by atoms with Crippen molar-refractivity contribution in [3.05, 3.63) is 41.5 Å². The summed E-state index contributed by atoms with van der Waals surface area (Å²) in [6.07, 6.45) is -4.20. The molecule has 0 aliphatic carbocycles. The highest BCUT2D eigenvalue weighted by molar-refractivity contribution is 5.75. The Kier molecular flexibility index (Phi) is 7.27. The Bertz CT molecular complexity index is 962. The van der Waals surface area contributed by atoms with Gasteiger partial charge in [-0.3, -0.25) is 0 Å². The lowest BCUT2D eigenvalue weighted by molar-refractivity contribution is -0.274. The summed E-state index contributed by atoms with van der Waals surface area (Å²) in [6, 6.07) is 5.48. The van der Waals surface area contributed by atoms with Crippen LogP contribution in [0, 0.1) is 0 Å². The molecule has 2 aliphatic heterocycles. The summed E-state index contributed by atoms with van der Waals surface area (Å²) in [4.78, 5) is 20.7. The molecule has 9 nitrogen and oxygen atoms in total. The Balaban J connectivity index is 1.51. The molecule has 0 bridgehead atoms. The maximum Gasteiger partial charge on any atom is 0.573 e. The maximum atomic E-state index is 13.0. The molecular weight excluding hydrogens is 457 g/mol. The molecule has 2 amide bonds. The van der Waals surface area contributed by atoms with Gasteiger partial charge < -0.3 is 28.9 Å². The second kappa shape index (κ2) is 10.2. The Labute approximate surface area is 194 Å². The van der Waals surface area contributed by atoms with Crippen molar-refractivity contribution in [3.63, 3.8) is 0 Å². The number of piperidine rings is 1. The first-order valence-electron chi connectivity index (χ1n) is 11.2. The van der Waals surface area contributed by atoms with Crippen molar-refractivity contribution in [1.29, 1.82) is 0 Å². The van der Waals surface area contributed by atoms with E-state index < -0.39 is 12.5 Å². The monoisotopic (exact) mass is 484 g/mol. The molecule has 2 unspecified atom stereocenters. The fraction of sp³-hybridized carbons (Fsp3) is 0.591. The van der Waals surface area contributed by atoms with E-state index in [1.807, 2.05) is 6.92 Å². The largest absolute Gasteiger partial charge is 0.573 e. The summed E-state index contributed by atoms with van der Waals surface area (Å²) >= 11 is 0. The summed E-state index contributed by atoms with van der Waals surface area (Å²) in [5.74, 6) is 0.223. The number of likely N-dealkylation sites (tertiary alicyclic amines) is 2. The lowest BCUT2D eigenvalue weighted by Crippen LogP contribution is -2.59. The van der Waals surface area contributed by atoms with Crippen molar-refractivity contribution >= 4 is 6.03 Å². The number of aromatic nitrogens is 2. The van der Waals surface area contributed by atoms with Gasteiger partial charge in [0.2, 0.25) is 5.89 Å². The van der Waals surface area contributed by atoms with E-state index in [1.165, 1.54) is 12.1 Å². The van der Waals surface area contributed by atoms with Gasteiger partial charge in [0.15, 0.2) is 5.82 Å². The van der Waals surface area contributed by atoms with Crippen LogP contribution in [-0.2, 0) is 11.2 Å². The van der Waals surface area contributed by atoms with Crippen LogP contribution in [0.25, 0.3) is 0 Å². The molecule has 4 rings (SSSR count). The van der Waals surface area contributed by atoms with Crippen LogP contribution in [-0.4, -0.2) is 82.9 Å². The number of aliphatic hydroxyl groups excluding tert-OH is 1. The number of ether oxygens (including phenoxy) is 2. The molecule has 0 spiro atoms. The maximum absolute atomic E-state index is 13.0. The summed E-state index contributed by atoms with van der Waals surface area (Å²) in [5.41, 5.74) is 0.775. The van der Waals surface area contributed by atoms with Gasteiger partial charge in [0.1, 0.15) is 5.75 Å². The third-order valence-corrected chi connectivity index (χ3v) is 5.95. The highest BCUT2D eigenvalue weighted by Gasteiger charge is 2.39. The smallest absolute Gasteiger partial charge is 0.406 e. The average Bonchev–Trinajstić information content (AvgIpc) is 3.25. The van der Waals surface area contributed by atoms with E-state index in [9.17, 15) is 23.1 Å². The van der Waals surface area contributed by atoms with Gasteiger partial charge in [0.25, 0.3) is 0 Å². The van der Waals surface area contributed by atoms with Gasteiger partial charge >= 0.3 is 12.4 Å².